The quantitative estimate of drug-likeness (QED) is 0.585. The van der Waals surface area contributed by atoms with Gasteiger partial charge in [0.2, 0.25) is 0 Å². The van der Waals surface area contributed by atoms with Gasteiger partial charge in [-0.25, -0.2) is 0 Å². The molecule has 2 N–H and O–H groups in total. The maximum Gasteiger partial charge on any atom is 0.269 e. The van der Waals surface area contributed by atoms with Gasteiger partial charge < -0.3 is 15.4 Å². The van der Waals surface area contributed by atoms with E-state index in [1.54, 1.807) is 18.2 Å². The Kier molecular flexibility index (Phi) is 6.26. The van der Waals surface area contributed by atoms with Crippen LogP contribution >= 0.6 is 0 Å². The van der Waals surface area contributed by atoms with Crippen LogP contribution in [0.25, 0.3) is 0 Å². The van der Waals surface area contributed by atoms with E-state index >= 15 is 0 Å². The predicted molar refractivity (Wildman–Crippen MR) is 96.4 cm³/mol. The number of hydrogen-bond acceptors (Lipinski definition) is 5. The summed E-state index contributed by atoms with van der Waals surface area (Å²) in [7, 11) is 0. The Labute approximate surface area is 150 Å². The number of hydrogen-bond donors (Lipinski definition) is 2. The number of benzene rings is 2. The molecule has 0 bridgehead atoms. The fourth-order valence-corrected chi connectivity index (χ4v) is 2.16. The minimum Gasteiger partial charge on any atom is -0.484 e. The van der Waals surface area contributed by atoms with Crippen LogP contribution in [0.5, 0.6) is 5.75 Å². The monoisotopic (exact) mass is 357 g/mol. The molecule has 2 amide bonds. The first-order valence-electron chi connectivity index (χ1n) is 7.96. The molecule has 0 atom stereocenters. The fraction of sp³-hybridized carbons (Fsp3) is 0.222. The number of non-ortho nitro benzene ring substituents is 1. The van der Waals surface area contributed by atoms with E-state index in [9.17, 15) is 19.7 Å². The van der Waals surface area contributed by atoms with Gasteiger partial charge >= 0.3 is 0 Å². The third-order valence-electron chi connectivity index (χ3n) is 3.53. The maximum absolute atomic E-state index is 12.1. The minimum atomic E-state index is -0.513. The maximum atomic E-state index is 12.1. The average molecular weight is 357 g/mol. The van der Waals surface area contributed by atoms with E-state index < -0.39 is 10.8 Å². The summed E-state index contributed by atoms with van der Waals surface area (Å²) >= 11 is 0. The largest absolute Gasteiger partial charge is 0.484 e. The lowest BCUT2D eigenvalue weighted by Crippen LogP contribution is -2.24. The van der Waals surface area contributed by atoms with E-state index in [2.05, 4.69) is 10.6 Å². The van der Waals surface area contributed by atoms with Gasteiger partial charge in [0, 0.05) is 29.9 Å². The van der Waals surface area contributed by atoms with Gasteiger partial charge in [-0.2, -0.15) is 0 Å². The number of nitro benzene ring substituents is 1. The zero-order valence-electron chi connectivity index (χ0n) is 14.4. The summed E-state index contributed by atoms with van der Waals surface area (Å²) in [4.78, 5) is 34.0. The number of nitrogens with one attached hydrogen (secondary N) is 2. The molecule has 2 aromatic carbocycles. The van der Waals surface area contributed by atoms with E-state index in [0.29, 0.717) is 23.5 Å². The molecule has 8 nitrogen and oxygen atoms in total. The summed E-state index contributed by atoms with van der Waals surface area (Å²) in [6.45, 7) is 3.89. The van der Waals surface area contributed by atoms with Crippen LogP contribution in [0.2, 0.25) is 0 Å². The first kappa shape index (κ1) is 18.9. The van der Waals surface area contributed by atoms with E-state index in [1.807, 2.05) is 13.8 Å². The smallest absolute Gasteiger partial charge is 0.269 e. The van der Waals surface area contributed by atoms with Crippen molar-refractivity contribution in [3.63, 3.8) is 0 Å². The molecular weight excluding hydrogens is 338 g/mol. The minimum absolute atomic E-state index is 0.0559. The molecule has 136 valence electrons. The number of rotatable bonds is 7. The van der Waals surface area contributed by atoms with E-state index in [-0.39, 0.29) is 18.2 Å². The topological polar surface area (TPSA) is 111 Å². The second-order valence-electron chi connectivity index (χ2n) is 5.48. The molecule has 0 spiro atoms. The third kappa shape index (κ3) is 5.04. The van der Waals surface area contributed by atoms with Crippen molar-refractivity contribution in [3.8, 4) is 5.75 Å². The van der Waals surface area contributed by atoms with Crippen LogP contribution in [0, 0.1) is 17.0 Å². The zero-order chi connectivity index (χ0) is 19.1. The van der Waals surface area contributed by atoms with Crippen molar-refractivity contribution >= 4 is 23.2 Å². The molecule has 2 aromatic rings. The molecule has 0 saturated carbocycles. The first-order chi connectivity index (χ1) is 12.4. The number of amides is 2. The normalized spacial score (nSPS) is 10.1. The highest BCUT2D eigenvalue weighted by Gasteiger charge is 2.11. The average Bonchev–Trinajstić information content (AvgIpc) is 2.62. The van der Waals surface area contributed by atoms with Gasteiger partial charge in [-0.05, 0) is 43.7 Å². The molecule has 0 aromatic heterocycles. The van der Waals surface area contributed by atoms with E-state index in [4.69, 9.17) is 4.74 Å². The number of nitrogens with zero attached hydrogens (tertiary/aromatic N) is 1. The highest BCUT2D eigenvalue weighted by molar-refractivity contribution is 5.98. The van der Waals surface area contributed by atoms with Gasteiger partial charge in [0.1, 0.15) is 5.75 Å². The molecule has 0 radical (unpaired) electrons. The van der Waals surface area contributed by atoms with Crippen LogP contribution in [0.1, 0.15) is 22.8 Å². The van der Waals surface area contributed by atoms with Crippen LogP contribution in [-0.4, -0.2) is 29.9 Å². The Morgan fingerprint density at radius 2 is 1.85 bits per heavy atom. The first-order valence-corrected chi connectivity index (χ1v) is 7.96. The van der Waals surface area contributed by atoms with Crippen LogP contribution < -0.4 is 15.4 Å². The Morgan fingerprint density at radius 3 is 2.46 bits per heavy atom. The molecular formula is C18H19N3O5. The van der Waals surface area contributed by atoms with Gasteiger partial charge in [-0.15, -0.1) is 0 Å². The number of anilines is 1. The lowest BCUT2D eigenvalue weighted by Gasteiger charge is -2.11. The fourth-order valence-electron chi connectivity index (χ4n) is 2.16. The van der Waals surface area contributed by atoms with Crippen molar-refractivity contribution < 1.29 is 19.2 Å². The lowest BCUT2D eigenvalue weighted by atomic mass is 10.1. The standard InChI is InChI=1S/C18H19N3O5/c1-3-19-18(23)13-5-4-12(2)16(10-13)20-17(22)11-26-15-8-6-14(7-9-15)21(24)25/h4-10H,3,11H2,1-2H3,(H,19,23)(H,20,22). The summed E-state index contributed by atoms with van der Waals surface area (Å²) in [6.07, 6.45) is 0. The Bertz CT molecular complexity index is 818. The predicted octanol–water partition coefficient (Wildman–Crippen LogP) is 2.67. The van der Waals surface area contributed by atoms with Crippen LogP contribution in [0.3, 0.4) is 0 Å². The SMILES string of the molecule is CCNC(=O)c1ccc(C)c(NC(=O)COc2ccc([N+](=O)[O-])cc2)c1. The van der Waals surface area contributed by atoms with Crippen molar-refractivity contribution in [2.24, 2.45) is 0 Å². The summed E-state index contributed by atoms with van der Waals surface area (Å²) in [5, 5.41) is 16.0. The number of nitro groups is 1. The van der Waals surface area contributed by atoms with Crippen LogP contribution in [0.15, 0.2) is 42.5 Å². The molecule has 0 aliphatic heterocycles. The summed E-state index contributed by atoms with van der Waals surface area (Å²) in [6, 6.07) is 10.5. The third-order valence-corrected chi connectivity index (χ3v) is 3.53. The van der Waals surface area contributed by atoms with Crippen molar-refractivity contribution in [1.82, 2.24) is 5.32 Å². The number of carbonyl (C=O) groups is 2. The molecule has 0 heterocycles. The van der Waals surface area contributed by atoms with Crippen molar-refractivity contribution in [3.05, 3.63) is 63.7 Å². The summed E-state index contributed by atoms with van der Waals surface area (Å²) in [5.41, 5.74) is 1.72. The molecule has 0 saturated heterocycles. The van der Waals surface area contributed by atoms with Crippen LogP contribution in [0.4, 0.5) is 11.4 Å². The van der Waals surface area contributed by atoms with E-state index in [1.165, 1.54) is 24.3 Å². The Hall–Kier alpha value is -3.42. The molecule has 0 aliphatic rings. The highest BCUT2D eigenvalue weighted by Crippen LogP contribution is 2.19. The van der Waals surface area contributed by atoms with Crippen molar-refractivity contribution in [1.29, 1.82) is 0 Å². The van der Waals surface area contributed by atoms with Gasteiger partial charge in [0.15, 0.2) is 6.61 Å². The number of carbonyl (C=O) groups excluding carboxylic acids is 2. The van der Waals surface area contributed by atoms with Crippen molar-refractivity contribution in [2.75, 3.05) is 18.5 Å². The second-order valence-corrected chi connectivity index (χ2v) is 5.48. The number of ether oxygens (including phenoxy) is 1. The van der Waals surface area contributed by atoms with E-state index in [0.717, 1.165) is 5.56 Å². The summed E-state index contributed by atoms with van der Waals surface area (Å²) in [5.74, 6) is -0.275. The van der Waals surface area contributed by atoms with Crippen molar-refractivity contribution in [2.45, 2.75) is 13.8 Å². The van der Waals surface area contributed by atoms with Gasteiger partial charge in [0.25, 0.3) is 17.5 Å². The molecule has 0 fully saturated rings. The highest BCUT2D eigenvalue weighted by atomic mass is 16.6. The van der Waals surface area contributed by atoms with Gasteiger partial charge in [-0.1, -0.05) is 6.07 Å². The molecule has 8 heteroatoms. The number of aryl methyl sites for hydroxylation is 1. The summed E-state index contributed by atoms with van der Waals surface area (Å²) < 4.78 is 5.32. The second kappa shape index (κ2) is 8.61. The van der Waals surface area contributed by atoms with Crippen LogP contribution in [-0.2, 0) is 4.79 Å². The lowest BCUT2D eigenvalue weighted by molar-refractivity contribution is -0.384. The van der Waals surface area contributed by atoms with Gasteiger partial charge in [0.05, 0.1) is 4.92 Å². The Morgan fingerprint density at radius 1 is 1.15 bits per heavy atom. The molecule has 0 aliphatic carbocycles. The molecule has 0 unspecified atom stereocenters. The molecule has 2 rings (SSSR count). The Balaban J connectivity index is 1.97. The molecule has 26 heavy (non-hydrogen) atoms. The zero-order valence-corrected chi connectivity index (χ0v) is 14.4. The van der Waals surface area contributed by atoms with Gasteiger partial charge in [-0.3, -0.25) is 19.7 Å².